The Hall–Kier alpha value is -0.250. The SMILES string of the molecule is CC(C)COC(=O)N1CCC(CCBr)CC1. The molecule has 1 aliphatic rings. The molecule has 1 aliphatic heterocycles. The molecule has 16 heavy (non-hydrogen) atoms. The first kappa shape index (κ1) is 13.8. The fourth-order valence-corrected chi connectivity index (χ4v) is 2.54. The average molecular weight is 292 g/mol. The summed E-state index contributed by atoms with van der Waals surface area (Å²) in [6.07, 6.45) is 3.31. The molecule has 1 amide bonds. The van der Waals surface area contributed by atoms with E-state index >= 15 is 0 Å². The summed E-state index contributed by atoms with van der Waals surface area (Å²) in [4.78, 5) is 13.5. The zero-order chi connectivity index (χ0) is 12.0. The standard InChI is InChI=1S/C12H22BrNO2/c1-10(2)9-16-12(15)14-7-4-11(3-6-13)5-8-14/h10-11H,3-9H2,1-2H3. The van der Waals surface area contributed by atoms with Crippen LogP contribution in [0.15, 0.2) is 0 Å². The molecule has 0 aromatic heterocycles. The van der Waals surface area contributed by atoms with Gasteiger partial charge in [0.25, 0.3) is 0 Å². The Balaban J connectivity index is 2.22. The lowest BCUT2D eigenvalue weighted by atomic mass is 9.95. The fourth-order valence-electron chi connectivity index (χ4n) is 1.89. The number of piperidine rings is 1. The van der Waals surface area contributed by atoms with E-state index in [0.29, 0.717) is 12.5 Å². The highest BCUT2D eigenvalue weighted by atomic mass is 79.9. The number of ether oxygens (including phenoxy) is 1. The molecule has 0 bridgehead atoms. The van der Waals surface area contributed by atoms with Crippen molar-refractivity contribution in [2.75, 3.05) is 25.0 Å². The van der Waals surface area contributed by atoms with Crippen molar-refractivity contribution < 1.29 is 9.53 Å². The van der Waals surface area contributed by atoms with E-state index in [-0.39, 0.29) is 6.09 Å². The molecule has 1 fully saturated rings. The minimum atomic E-state index is -0.133. The van der Waals surface area contributed by atoms with Crippen LogP contribution in [0, 0.1) is 11.8 Å². The number of likely N-dealkylation sites (tertiary alicyclic amines) is 1. The van der Waals surface area contributed by atoms with Crippen LogP contribution in [0.2, 0.25) is 0 Å². The maximum atomic E-state index is 11.7. The number of hydrogen-bond donors (Lipinski definition) is 0. The van der Waals surface area contributed by atoms with Gasteiger partial charge in [0.1, 0.15) is 0 Å². The molecule has 0 aliphatic carbocycles. The summed E-state index contributed by atoms with van der Waals surface area (Å²) >= 11 is 3.46. The summed E-state index contributed by atoms with van der Waals surface area (Å²) < 4.78 is 5.22. The number of halogens is 1. The average Bonchev–Trinajstić information content (AvgIpc) is 2.27. The van der Waals surface area contributed by atoms with Gasteiger partial charge in [-0.05, 0) is 31.1 Å². The molecule has 0 saturated carbocycles. The smallest absolute Gasteiger partial charge is 0.409 e. The summed E-state index contributed by atoms with van der Waals surface area (Å²) in [6.45, 7) is 6.34. The van der Waals surface area contributed by atoms with Crippen molar-refractivity contribution in [3.05, 3.63) is 0 Å². The highest BCUT2D eigenvalue weighted by Crippen LogP contribution is 2.21. The first-order valence-corrected chi connectivity index (χ1v) is 7.23. The molecule has 94 valence electrons. The Bertz CT molecular complexity index is 213. The van der Waals surface area contributed by atoms with E-state index in [1.807, 2.05) is 4.90 Å². The van der Waals surface area contributed by atoms with Crippen molar-refractivity contribution in [2.45, 2.75) is 33.1 Å². The van der Waals surface area contributed by atoms with Crippen molar-refractivity contribution in [1.29, 1.82) is 0 Å². The first-order valence-electron chi connectivity index (χ1n) is 6.11. The topological polar surface area (TPSA) is 29.5 Å². The van der Waals surface area contributed by atoms with E-state index in [0.717, 1.165) is 37.2 Å². The highest BCUT2D eigenvalue weighted by molar-refractivity contribution is 9.09. The van der Waals surface area contributed by atoms with Crippen LogP contribution in [-0.4, -0.2) is 36.0 Å². The lowest BCUT2D eigenvalue weighted by Crippen LogP contribution is -2.39. The number of nitrogens with zero attached hydrogens (tertiary/aromatic N) is 1. The zero-order valence-corrected chi connectivity index (χ0v) is 11.8. The molecular weight excluding hydrogens is 270 g/mol. The molecule has 3 nitrogen and oxygen atoms in total. The molecule has 0 N–H and O–H groups in total. The normalized spacial score (nSPS) is 17.9. The molecule has 0 aromatic rings. The number of carbonyl (C=O) groups is 1. The van der Waals surface area contributed by atoms with E-state index in [2.05, 4.69) is 29.8 Å². The Morgan fingerprint density at radius 1 is 1.44 bits per heavy atom. The minimum absolute atomic E-state index is 0.133. The van der Waals surface area contributed by atoms with Crippen LogP contribution in [0.5, 0.6) is 0 Å². The van der Waals surface area contributed by atoms with Gasteiger partial charge in [0.2, 0.25) is 0 Å². The summed E-state index contributed by atoms with van der Waals surface area (Å²) in [6, 6.07) is 0. The van der Waals surface area contributed by atoms with Crippen molar-refractivity contribution in [1.82, 2.24) is 4.90 Å². The van der Waals surface area contributed by atoms with E-state index in [4.69, 9.17) is 4.74 Å². The second-order valence-corrected chi connectivity index (χ2v) is 5.67. The Labute approximate surface area is 107 Å². The maximum absolute atomic E-state index is 11.7. The summed E-state index contributed by atoms with van der Waals surface area (Å²) in [7, 11) is 0. The highest BCUT2D eigenvalue weighted by Gasteiger charge is 2.23. The fraction of sp³-hybridized carbons (Fsp3) is 0.917. The van der Waals surface area contributed by atoms with Crippen molar-refractivity contribution >= 4 is 22.0 Å². The minimum Gasteiger partial charge on any atom is -0.449 e. The van der Waals surface area contributed by atoms with Gasteiger partial charge >= 0.3 is 6.09 Å². The third-order valence-corrected chi connectivity index (χ3v) is 3.39. The second-order valence-electron chi connectivity index (χ2n) is 4.88. The van der Waals surface area contributed by atoms with Crippen LogP contribution in [0.4, 0.5) is 4.79 Å². The van der Waals surface area contributed by atoms with Gasteiger partial charge in [0, 0.05) is 18.4 Å². The van der Waals surface area contributed by atoms with E-state index in [1.54, 1.807) is 0 Å². The third kappa shape index (κ3) is 4.73. The largest absolute Gasteiger partial charge is 0.449 e. The van der Waals surface area contributed by atoms with Crippen LogP contribution < -0.4 is 0 Å². The molecule has 0 unspecified atom stereocenters. The van der Waals surface area contributed by atoms with E-state index < -0.39 is 0 Å². The van der Waals surface area contributed by atoms with Crippen molar-refractivity contribution in [2.24, 2.45) is 11.8 Å². The molecule has 1 rings (SSSR count). The van der Waals surface area contributed by atoms with Gasteiger partial charge < -0.3 is 9.64 Å². The Morgan fingerprint density at radius 3 is 2.56 bits per heavy atom. The van der Waals surface area contributed by atoms with Crippen LogP contribution >= 0.6 is 15.9 Å². The van der Waals surface area contributed by atoms with Gasteiger partial charge in [0.15, 0.2) is 0 Å². The van der Waals surface area contributed by atoms with Gasteiger partial charge in [-0.1, -0.05) is 29.8 Å². The molecule has 1 saturated heterocycles. The second kappa shape index (κ2) is 7.15. The summed E-state index contributed by atoms with van der Waals surface area (Å²) in [5, 5.41) is 1.06. The predicted octanol–water partition coefficient (Wildman–Crippen LogP) is 3.28. The number of hydrogen-bond acceptors (Lipinski definition) is 2. The number of rotatable bonds is 4. The Kier molecular flexibility index (Phi) is 6.17. The molecule has 0 atom stereocenters. The first-order chi connectivity index (χ1) is 7.63. The van der Waals surface area contributed by atoms with Crippen LogP contribution in [0.1, 0.15) is 33.1 Å². The van der Waals surface area contributed by atoms with Crippen LogP contribution in [0.3, 0.4) is 0 Å². The molecule has 0 radical (unpaired) electrons. The van der Waals surface area contributed by atoms with Crippen molar-refractivity contribution in [3.63, 3.8) is 0 Å². The van der Waals surface area contributed by atoms with Gasteiger partial charge in [-0.2, -0.15) is 0 Å². The van der Waals surface area contributed by atoms with Crippen LogP contribution in [-0.2, 0) is 4.74 Å². The zero-order valence-electron chi connectivity index (χ0n) is 10.2. The van der Waals surface area contributed by atoms with Crippen LogP contribution in [0.25, 0.3) is 0 Å². The van der Waals surface area contributed by atoms with E-state index in [9.17, 15) is 4.79 Å². The van der Waals surface area contributed by atoms with Gasteiger partial charge in [-0.25, -0.2) is 4.79 Å². The molecule has 4 heteroatoms. The predicted molar refractivity (Wildman–Crippen MR) is 68.9 cm³/mol. The third-order valence-electron chi connectivity index (χ3n) is 2.93. The number of amides is 1. The quantitative estimate of drug-likeness (QED) is 0.744. The summed E-state index contributed by atoms with van der Waals surface area (Å²) in [5.74, 6) is 1.18. The molecule has 0 aromatic carbocycles. The molecule has 0 spiro atoms. The lowest BCUT2D eigenvalue weighted by Gasteiger charge is -2.31. The summed E-state index contributed by atoms with van der Waals surface area (Å²) in [5.41, 5.74) is 0. The molecule has 1 heterocycles. The maximum Gasteiger partial charge on any atom is 0.409 e. The van der Waals surface area contributed by atoms with Crippen molar-refractivity contribution in [3.8, 4) is 0 Å². The molecular formula is C12H22BrNO2. The number of carbonyl (C=O) groups excluding carboxylic acids is 1. The lowest BCUT2D eigenvalue weighted by molar-refractivity contribution is 0.0788. The Morgan fingerprint density at radius 2 is 2.06 bits per heavy atom. The van der Waals surface area contributed by atoms with Gasteiger partial charge in [0.05, 0.1) is 6.61 Å². The number of alkyl halides is 1. The van der Waals surface area contributed by atoms with Gasteiger partial charge in [-0.15, -0.1) is 0 Å². The van der Waals surface area contributed by atoms with E-state index in [1.165, 1.54) is 6.42 Å². The van der Waals surface area contributed by atoms with Gasteiger partial charge in [-0.3, -0.25) is 0 Å². The monoisotopic (exact) mass is 291 g/mol.